The lowest BCUT2D eigenvalue weighted by Crippen LogP contribution is -2.48. The van der Waals surface area contributed by atoms with E-state index in [1.807, 2.05) is 48.5 Å². The first-order valence-electron chi connectivity index (χ1n) is 12.1. The van der Waals surface area contributed by atoms with E-state index in [9.17, 15) is 15.0 Å². The number of carbonyl (C=O) groups is 1. The summed E-state index contributed by atoms with van der Waals surface area (Å²) < 4.78 is 5.40. The first kappa shape index (κ1) is 24.1. The summed E-state index contributed by atoms with van der Waals surface area (Å²) in [5, 5.41) is 24.0. The van der Waals surface area contributed by atoms with E-state index in [1.165, 1.54) is 6.07 Å². The highest BCUT2D eigenvalue weighted by molar-refractivity contribution is 6.30. The van der Waals surface area contributed by atoms with Gasteiger partial charge < -0.3 is 25.2 Å². The molecule has 2 atom stereocenters. The van der Waals surface area contributed by atoms with Crippen molar-refractivity contribution >= 4 is 29.1 Å². The molecule has 1 aliphatic carbocycles. The minimum absolute atomic E-state index is 0.00411. The summed E-state index contributed by atoms with van der Waals surface area (Å²) >= 11 is 6.47. The second-order valence-electron chi connectivity index (χ2n) is 9.46. The molecule has 1 heterocycles. The molecule has 0 saturated heterocycles. The zero-order chi connectivity index (χ0) is 25.3. The van der Waals surface area contributed by atoms with E-state index < -0.39 is 11.5 Å². The van der Waals surface area contributed by atoms with Crippen molar-refractivity contribution in [2.24, 2.45) is 0 Å². The van der Waals surface area contributed by atoms with Gasteiger partial charge >= 0.3 is 6.09 Å². The molecule has 7 heteroatoms. The van der Waals surface area contributed by atoms with E-state index in [0.29, 0.717) is 23.7 Å². The molecule has 1 amide bonds. The molecule has 5 rings (SSSR count). The van der Waals surface area contributed by atoms with Crippen LogP contribution >= 0.6 is 11.6 Å². The molecule has 6 nitrogen and oxygen atoms in total. The topological polar surface area (TPSA) is 82.0 Å². The smallest absolute Gasteiger partial charge is 0.407 e. The van der Waals surface area contributed by atoms with Crippen molar-refractivity contribution in [3.63, 3.8) is 0 Å². The Bertz CT molecular complexity index is 1280. The van der Waals surface area contributed by atoms with Gasteiger partial charge in [-0.25, -0.2) is 4.79 Å². The van der Waals surface area contributed by atoms with Gasteiger partial charge in [0.1, 0.15) is 18.1 Å². The molecule has 0 bridgehead atoms. The minimum Gasteiger partial charge on any atom is -0.508 e. The predicted molar refractivity (Wildman–Crippen MR) is 141 cm³/mol. The summed E-state index contributed by atoms with van der Waals surface area (Å²) in [6.07, 6.45) is 2.89. The molecule has 0 spiro atoms. The molecule has 3 aromatic carbocycles. The lowest BCUT2D eigenvalue weighted by Gasteiger charge is -2.44. The maximum Gasteiger partial charge on any atom is 0.407 e. The number of amides is 1. The van der Waals surface area contributed by atoms with Crippen LogP contribution in [-0.2, 0) is 16.8 Å². The molecule has 36 heavy (non-hydrogen) atoms. The van der Waals surface area contributed by atoms with Crippen molar-refractivity contribution in [1.82, 2.24) is 5.32 Å². The van der Waals surface area contributed by atoms with Crippen molar-refractivity contribution in [1.29, 1.82) is 0 Å². The normalized spacial score (nSPS) is 20.5. The molecule has 1 fully saturated rings. The predicted octanol–water partition coefficient (Wildman–Crippen LogP) is 6.57. The van der Waals surface area contributed by atoms with Crippen LogP contribution in [0.25, 0.3) is 0 Å². The molecule has 0 radical (unpaired) electrons. The van der Waals surface area contributed by atoms with Crippen LogP contribution in [0.3, 0.4) is 0 Å². The Balaban J connectivity index is 1.43. The molecule has 3 N–H and O–H groups in total. The van der Waals surface area contributed by atoms with Crippen LogP contribution in [0.5, 0.6) is 11.5 Å². The molecule has 186 valence electrons. The largest absolute Gasteiger partial charge is 0.508 e. The van der Waals surface area contributed by atoms with E-state index >= 15 is 0 Å². The summed E-state index contributed by atoms with van der Waals surface area (Å²) in [5.74, 6) is -0.00837. The number of halogens is 1. The molecule has 0 unspecified atom stereocenters. The Morgan fingerprint density at radius 1 is 1.11 bits per heavy atom. The van der Waals surface area contributed by atoms with Crippen LogP contribution < -0.4 is 10.2 Å². The summed E-state index contributed by atoms with van der Waals surface area (Å²) in [6.45, 7) is 5.09. The van der Waals surface area contributed by atoms with Crippen molar-refractivity contribution in [2.45, 2.75) is 43.7 Å². The highest BCUT2D eigenvalue weighted by Crippen LogP contribution is 2.58. The third-order valence-electron chi connectivity index (χ3n) is 7.33. The van der Waals surface area contributed by atoms with Gasteiger partial charge in [0.25, 0.3) is 0 Å². The number of fused-ring (bicyclic) bond motifs is 3. The fraction of sp³-hybridized carbons (Fsp3) is 0.276. The van der Waals surface area contributed by atoms with Crippen LogP contribution in [-0.4, -0.2) is 28.9 Å². The number of benzene rings is 3. The quantitative estimate of drug-likeness (QED) is 0.331. The van der Waals surface area contributed by atoms with E-state index in [-0.39, 0.29) is 24.1 Å². The van der Waals surface area contributed by atoms with Gasteiger partial charge in [0.2, 0.25) is 0 Å². The number of hydrogen-bond donors (Lipinski definition) is 3. The first-order valence-corrected chi connectivity index (χ1v) is 12.5. The Hall–Kier alpha value is -3.64. The zero-order valence-corrected chi connectivity index (χ0v) is 20.7. The third-order valence-corrected chi connectivity index (χ3v) is 7.57. The average molecular weight is 505 g/mol. The number of anilines is 2. The van der Waals surface area contributed by atoms with E-state index in [1.54, 1.807) is 12.1 Å². The van der Waals surface area contributed by atoms with E-state index in [0.717, 1.165) is 41.6 Å². The number of aromatic hydroxyl groups is 2. The molecule has 1 aliphatic heterocycles. The number of phenolic OH excluding ortho intramolecular Hbond substituents is 2. The van der Waals surface area contributed by atoms with Crippen LogP contribution in [0.1, 0.15) is 36.8 Å². The summed E-state index contributed by atoms with van der Waals surface area (Å²) in [5.41, 5.74) is 4.28. The van der Waals surface area contributed by atoms with Crippen LogP contribution in [0.15, 0.2) is 78.9 Å². The number of hydrogen-bond acceptors (Lipinski definition) is 5. The maximum absolute atomic E-state index is 12.4. The number of rotatable bonds is 6. The molecule has 0 aromatic heterocycles. The van der Waals surface area contributed by atoms with Gasteiger partial charge in [0.05, 0.1) is 0 Å². The Kier molecular flexibility index (Phi) is 6.54. The van der Waals surface area contributed by atoms with Gasteiger partial charge in [-0.1, -0.05) is 54.1 Å². The number of alkyl carbamates (subject to hydrolysis) is 1. The lowest BCUT2D eigenvalue weighted by molar-refractivity contribution is 0.138. The number of carbonyl (C=O) groups excluding carboxylic acids is 1. The van der Waals surface area contributed by atoms with Crippen molar-refractivity contribution in [2.75, 3.05) is 11.4 Å². The monoisotopic (exact) mass is 504 g/mol. The molecule has 2 aliphatic rings. The van der Waals surface area contributed by atoms with Crippen LogP contribution in [0.4, 0.5) is 16.2 Å². The van der Waals surface area contributed by atoms with Gasteiger partial charge in [0.15, 0.2) is 0 Å². The summed E-state index contributed by atoms with van der Waals surface area (Å²) in [7, 11) is 0. The van der Waals surface area contributed by atoms with Gasteiger partial charge in [0, 0.05) is 52.6 Å². The number of ether oxygens (including phenoxy) is 1. The van der Waals surface area contributed by atoms with Gasteiger partial charge in [-0.15, -0.1) is 0 Å². The standard InChI is InChI=1S/C29H29ClN2O4/c1-19-6-5-9-27-29(19,12-13-31-28(35)36-18-20-7-3-2-4-8-20)25-14-21(30)10-11-26(25)32(27)22-15-23(33)17-24(34)16-22/h2-4,7-8,10-11,14-17,27,33-34H,1,5-6,9,12-13,18H2,(H,31,35)/t27-,29-/m0/s1. The minimum atomic E-state index is -0.465. The van der Waals surface area contributed by atoms with Gasteiger partial charge in [-0.3, -0.25) is 0 Å². The van der Waals surface area contributed by atoms with E-state index in [4.69, 9.17) is 16.3 Å². The van der Waals surface area contributed by atoms with Crippen molar-refractivity contribution < 1.29 is 19.7 Å². The van der Waals surface area contributed by atoms with Crippen LogP contribution in [0, 0.1) is 0 Å². The molecular formula is C29H29ClN2O4. The zero-order valence-electron chi connectivity index (χ0n) is 19.9. The number of nitrogens with one attached hydrogen (secondary N) is 1. The van der Waals surface area contributed by atoms with Crippen molar-refractivity contribution in [3.05, 3.63) is 95.0 Å². The van der Waals surface area contributed by atoms with Gasteiger partial charge in [-0.2, -0.15) is 0 Å². The fourth-order valence-corrected chi connectivity index (χ4v) is 6.00. The average Bonchev–Trinajstić information content (AvgIpc) is 3.13. The number of nitrogens with zero attached hydrogens (tertiary/aromatic N) is 1. The van der Waals surface area contributed by atoms with E-state index in [2.05, 4.69) is 16.8 Å². The Morgan fingerprint density at radius 2 is 1.86 bits per heavy atom. The fourth-order valence-electron chi connectivity index (χ4n) is 5.83. The first-order chi connectivity index (χ1) is 17.4. The summed E-state index contributed by atoms with van der Waals surface area (Å²) in [4.78, 5) is 14.6. The number of phenols is 2. The Morgan fingerprint density at radius 3 is 2.61 bits per heavy atom. The maximum atomic E-state index is 12.4. The van der Waals surface area contributed by atoms with Gasteiger partial charge in [-0.05, 0) is 55.0 Å². The third kappa shape index (κ3) is 4.37. The second kappa shape index (κ2) is 9.78. The lowest BCUT2D eigenvalue weighted by atomic mass is 9.63. The van der Waals surface area contributed by atoms with Crippen LogP contribution in [0.2, 0.25) is 5.02 Å². The highest BCUT2D eigenvalue weighted by atomic mass is 35.5. The SMILES string of the molecule is C=C1CCC[C@@H]2N(c3cc(O)cc(O)c3)c3ccc(Cl)cc3[C@]12CCNC(=O)OCc1ccccc1. The Labute approximate surface area is 215 Å². The van der Waals surface area contributed by atoms with Crippen molar-refractivity contribution in [3.8, 4) is 11.5 Å². The molecule has 3 aromatic rings. The molecule has 1 saturated carbocycles. The molecular weight excluding hydrogens is 476 g/mol. The summed E-state index contributed by atoms with van der Waals surface area (Å²) in [6, 6.07) is 20.0. The second-order valence-corrected chi connectivity index (χ2v) is 9.90. The highest BCUT2D eigenvalue weighted by Gasteiger charge is 2.54.